The third-order valence-corrected chi connectivity index (χ3v) is 2.75. The topological polar surface area (TPSA) is 55.6 Å². The minimum atomic E-state index is -0.319. The highest BCUT2D eigenvalue weighted by molar-refractivity contribution is 6.30. The van der Waals surface area contributed by atoms with Gasteiger partial charge in [0, 0.05) is 10.7 Å². The molecule has 86 valence electrons. The molecule has 1 aromatic rings. The molecule has 1 saturated heterocycles. The smallest absolute Gasteiger partial charge is 0.414 e. The Hall–Kier alpha value is -1.26. The molecule has 5 heteroatoms. The van der Waals surface area contributed by atoms with Crippen LogP contribution in [0.5, 0.6) is 0 Å². The van der Waals surface area contributed by atoms with Gasteiger partial charge in [0.25, 0.3) is 0 Å². The number of carbonyl (C=O) groups excluding carboxylic acids is 1. The number of anilines is 1. The number of nitrogens with two attached hydrogens (primary N) is 1. The summed E-state index contributed by atoms with van der Waals surface area (Å²) in [6.07, 6.45) is 0.268. The number of hydrogen-bond donors (Lipinski definition) is 1. The molecule has 0 aromatic heterocycles. The van der Waals surface area contributed by atoms with E-state index in [1.807, 2.05) is 0 Å². The highest BCUT2D eigenvalue weighted by Crippen LogP contribution is 2.24. The number of amides is 1. The lowest BCUT2D eigenvalue weighted by Gasteiger charge is -2.12. The Morgan fingerprint density at radius 1 is 1.44 bits per heavy atom. The molecule has 1 aliphatic rings. The minimum absolute atomic E-state index is 0.104. The van der Waals surface area contributed by atoms with Crippen LogP contribution in [0.25, 0.3) is 0 Å². The Kier molecular flexibility index (Phi) is 3.31. The third kappa shape index (κ3) is 2.28. The second-order valence-corrected chi connectivity index (χ2v) is 4.11. The molecule has 4 nitrogen and oxygen atoms in total. The summed E-state index contributed by atoms with van der Waals surface area (Å²) in [7, 11) is 0. The predicted octanol–water partition coefficient (Wildman–Crippen LogP) is 2.01. The standard InChI is InChI=1S/C11H13ClN2O2/c12-8-1-3-9(4-2-8)14-7-10(5-6-13)16-11(14)15/h1-4,10H,5-7,13H2. The van der Waals surface area contributed by atoms with Gasteiger partial charge in [0.1, 0.15) is 6.10 Å². The van der Waals surface area contributed by atoms with Gasteiger partial charge in [-0.15, -0.1) is 0 Å². The number of halogens is 1. The summed E-state index contributed by atoms with van der Waals surface area (Å²) in [5.41, 5.74) is 6.23. The van der Waals surface area contributed by atoms with Crippen LogP contribution >= 0.6 is 11.6 Å². The summed E-state index contributed by atoms with van der Waals surface area (Å²) in [5.74, 6) is 0. The SMILES string of the molecule is NCCC1CN(c2ccc(Cl)cc2)C(=O)O1. The number of cyclic esters (lactones) is 1. The van der Waals surface area contributed by atoms with Crippen LogP contribution in [0.4, 0.5) is 10.5 Å². The van der Waals surface area contributed by atoms with Gasteiger partial charge in [0.05, 0.1) is 6.54 Å². The highest BCUT2D eigenvalue weighted by Gasteiger charge is 2.31. The molecule has 1 fully saturated rings. The molecule has 1 aromatic carbocycles. The third-order valence-electron chi connectivity index (χ3n) is 2.50. The maximum absolute atomic E-state index is 11.6. The fourth-order valence-corrected chi connectivity index (χ4v) is 1.82. The summed E-state index contributed by atoms with van der Waals surface area (Å²) >= 11 is 5.78. The number of hydrogen-bond acceptors (Lipinski definition) is 3. The molecule has 0 saturated carbocycles. The van der Waals surface area contributed by atoms with Crippen LogP contribution in [-0.2, 0) is 4.74 Å². The van der Waals surface area contributed by atoms with E-state index in [-0.39, 0.29) is 12.2 Å². The Balaban J connectivity index is 2.10. The van der Waals surface area contributed by atoms with E-state index in [2.05, 4.69) is 0 Å². The second-order valence-electron chi connectivity index (χ2n) is 3.67. The van der Waals surface area contributed by atoms with Crippen molar-refractivity contribution in [3.8, 4) is 0 Å². The van der Waals surface area contributed by atoms with Gasteiger partial charge >= 0.3 is 6.09 Å². The first-order chi connectivity index (χ1) is 7.70. The van der Waals surface area contributed by atoms with Crippen LogP contribution in [0.3, 0.4) is 0 Å². The van der Waals surface area contributed by atoms with Gasteiger partial charge in [-0.25, -0.2) is 4.79 Å². The lowest BCUT2D eigenvalue weighted by Crippen LogP contribution is -2.24. The van der Waals surface area contributed by atoms with Crippen molar-refractivity contribution in [1.29, 1.82) is 0 Å². The second kappa shape index (κ2) is 4.72. The van der Waals surface area contributed by atoms with Crippen molar-refractivity contribution in [3.05, 3.63) is 29.3 Å². The highest BCUT2D eigenvalue weighted by atomic mass is 35.5. The molecular formula is C11H13ClN2O2. The first-order valence-corrected chi connectivity index (χ1v) is 5.52. The zero-order chi connectivity index (χ0) is 11.5. The summed E-state index contributed by atoms with van der Waals surface area (Å²) < 4.78 is 5.17. The molecular weight excluding hydrogens is 228 g/mol. The molecule has 2 rings (SSSR count). The van der Waals surface area contributed by atoms with Gasteiger partial charge < -0.3 is 10.5 Å². The van der Waals surface area contributed by atoms with E-state index in [1.165, 1.54) is 0 Å². The molecule has 1 atom stereocenters. The molecule has 0 bridgehead atoms. The van der Waals surface area contributed by atoms with E-state index >= 15 is 0 Å². The molecule has 16 heavy (non-hydrogen) atoms. The molecule has 1 unspecified atom stereocenters. The van der Waals surface area contributed by atoms with Crippen LogP contribution in [0.1, 0.15) is 6.42 Å². The van der Waals surface area contributed by atoms with Crippen LogP contribution in [0, 0.1) is 0 Å². The number of benzene rings is 1. The fraction of sp³-hybridized carbons (Fsp3) is 0.364. The summed E-state index contributed by atoms with van der Waals surface area (Å²) in [4.78, 5) is 13.2. The van der Waals surface area contributed by atoms with Crippen molar-refractivity contribution < 1.29 is 9.53 Å². The van der Waals surface area contributed by atoms with Crippen LogP contribution in [0.2, 0.25) is 5.02 Å². The Bertz CT molecular complexity index is 380. The van der Waals surface area contributed by atoms with Crippen LogP contribution in [0.15, 0.2) is 24.3 Å². The molecule has 1 heterocycles. The van der Waals surface area contributed by atoms with E-state index in [4.69, 9.17) is 22.1 Å². The lowest BCUT2D eigenvalue weighted by atomic mass is 10.2. The molecule has 0 spiro atoms. The summed E-state index contributed by atoms with van der Waals surface area (Å²) in [6, 6.07) is 7.10. The average molecular weight is 241 g/mol. The lowest BCUT2D eigenvalue weighted by molar-refractivity contribution is 0.138. The van der Waals surface area contributed by atoms with E-state index < -0.39 is 0 Å². The van der Waals surface area contributed by atoms with Crippen molar-refractivity contribution in [2.45, 2.75) is 12.5 Å². The van der Waals surface area contributed by atoms with Gasteiger partial charge in [0.2, 0.25) is 0 Å². The Morgan fingerprint density at radius 2 is 2.12 bits per heavy atom. The van der Waals surface area contributed by atoms with E-state index in [9.17, 15) is 4.79 Å². The molecule has 0 aliphatic carbocycles. The van der Waals surface area contributed by atoms with Crippen molar-refractivity contribution in [2.75, 3.05) is 18.0 Å². The normalized spacial score (nSPS) is 20.0. The maximum atomic E-state index is 11.6. The van der Waals surface area contributed by atoms with E-state index in [0.717, 1.165) is 5.69 Å². The average Bonchev–Trinajstić information content (AvgIpc) is 2.61. The summed E-state index contributed by atoms with van der Waals surface area (Å²) in [6.45, 7) is 1.07. The number of nitrogens with zero attached hydrogens (tertiary/aromatic N) is 1. The zero-order valence-corrected chi connectivity index (χ0v) is 9.48. The molecule has 2 N–H and O–H groups in total. The van der Waals surface area contributed by atoms with Crippen molar-refractivity contribution >= 4 is 23.4 Å². The number of carbonyl (C=O) groups is 1. The number of ether oxygens (including phenoxy) is 1. The van der Waals surface area contributed by atoms with Gasteiger partial charge in [-0.3, -0.25) is 4.90 Å². The largest absolute Gasteiger partial charge is 0.444 e. The van der Waals surface area contributed by atoms with Gasteiger partial charge in [-0.05, 0) is 37.2 Å². The first kappa shape index (κ1) is 11.2. The quantitative estimate of drug-likeness (QED) is 0.879. The number of rotatable bonds is 3. The maximum Gasteiger partial charge on any atom is 0.414 e. The van der Waals surface area contributed by atoms with Crippen molar-refractivity contribution in [3.63, 3.8) is 0 Å². The molecule has 1 amide bonds. The first-order valence-electron chi connectivity index (χ1n) is 5.14. The van der Waals surface area contributed by atoms with Gasteiger partial charge in [-0.1, -0.05) is 11.6 Å². The predicted molar refractivity (Wildman–Crippen MR) is 62.7 cm³/mol. The van der Waals surface area contributed by atoms with Crippen molar-refractivity contribution in [1.82, 2.24) is 0 Å². The van der Waals surface area contributed by atoms with Crippen molar-refractivity contribution in [2.24, 2.45) is 5.73 Å². The molecule has 1 aliphatic heterocycles. The van der Waals surface area contributed by atoms with Crippen LogP contribution < -0.4 is 10.6 Å². The van der Waals surface area contributed by atoms with Gasteiger partial charge in [-0.2, -0.15) is 0 Å². The van der Waals surface area contributed by atoms with Gasteiger partial charge in [0.15, 0.2) is 0 Å². The zero-order valence-electron chi connectivity index (χ0n) is 8.73. The summed E-state index contributed by atoms with van der Waals surface area (Å²) in [5, 5.41) is 0.648. The van der Waals surface area contributed by atoms with E-state index in [1.54, 1.807) is 29.2 Å². The Labute approximate surface area is 98.9 Å². The van der Waals surface area contributed by atoms with E-state index in [0.29, 0.717) is 24.5 Å². The van der Waals surface area contributed by atoms with Crippen LogP contribution in [-0.4, -0.2) is 25.3 Å². The fourth-order valence-electron chi connectivity index (χ4n) is 1.69. The minimum Gasteiger partial charge on any atom is -0.444 e. The Morgan fingerprint density at radius 3 is 2.75 bits per heavy atom. The molecule has 0 radical (unpaired) electrons. The monoisotopic (exact) mass is 240 g/mol.